The second-order valence-electron chi connectivity index (χ2n) is 6.28. The summed E-state index contributed by atoms with van der Waals surface area (Å²) in [7, 11) is 1.60. The molecule has 0 atom stereocenters. The van der Waals surface area contributed by atoms with Crippen molar-refractivity contribution < 1.29 is 14.0 Å². The van der Waals surface area contributed by atoms with E-state index in [-0.39, 0.29) is 11.8 Å². The van der Waals surface area contributed by atoms with Crippen LogP contribution < -0.4 is 5.76 Å². The number of aromatic nitrogens is 2. The van der Waals surface area contributed by atoms with Crippen LogP contribution in [0.25, 0.3) is 11.1 Å². The van der Waals surface area contributed by atoms with Crippen LogP contribution in [0.5, 0.6) is 0 Å². The number of aromatic amines is 1. The predicted octanol–water partition coefficient (Wildman–Crippen LogP) is 1.06. The van der Waals surface area contributed by atoms with E-state index in [1.165, 1.54) is 4.57 Å². The number of benzene rings is 1. The summed E-state index contributed by atoms with van der Waals surface area (Å²) in [6.45, 7) is 1.90. The van der Waals surface area contributed by atoms with E-state index in [1.807, 2.05) is 0 Å². The summed E-state index contributed by atoms with van der Waals surface area (Å²) in [4.78, 5) is 43.1. The van der Waals surface area contributed by atoms with Gasteiger partial charge >= 0.3 is 5.76 Å². The number of carbonyl (C=O) groups excluding carboxylic acids is 2. The first-order valence-electron chi connectivity index (χ1n) is 8.36. The van der Waals surface area contributed by atoms with Crippen LogP contribution in [0.3, 0.4) is 0 Å². The first-order chi connectivity index (χ1) is 12.5. The number of hydrogen-bond donors (Lipinski definition) is 1. The number of oxazole rings is 1. The summed E-state index contributed by atoms with van der Waals surface area (Å²) in [6, 6.07) is 8.48. The summed E-state index contributed by atoms with van der Waals surface area (Å²) in [5.41, 5.74) is 2.09. The quantitative estimate of drug-likeness (QED) is 0.745. The highest BCUT2D eigenvalue weighted by Crippen LogP contribution is 2.17. The van der Waals surface area contributed by atoms with Crippen molar-refractivity contribution in [1.82, 2.24) is 19.4 Å². The van der Waals surface area contributed by atoms with Crippen molar-refractivity contribution in [3.8, 4) is 0 Å². The molecule has 1 aliphatic heterocycles. The monoisotopic (exact) mass is 354 g/mol. The molecule has 4 rings (SSSR count). The van der Waals surface area contributed by atoms with Crippen molar-refractivity contribution >= 4 is 22.9 Å². The lowest BCUT2D eigenvalue weighted by molar-refractivity contribution is 0.0533. The third-order valence-electron chi connectivity index (χ3n) is 4.72. The van der Waals surface area contributed by atoms with Crippen molar-refractivity contribution in [3.05, 3.63) is 58.3 Å². The smallest absolute Gasteiger partial charge is 0.408 e. The van der Waals surface area contributed by atoms with E-state index in [2.05, 4.69) is 4.98 Å². The summed E-state index contributed by atoms with van der Waals surface area (Å²) < 4.78 is 6.46. The maximum Gasteiger partial charge on any atom is 0.419 e. The van der Waals surface area contributed by atoms with Gasteiger partial charge in [-0.3, -0.25) is 14.2 Å². The van der Waals surface area contributed by atoms with Crippen LogP contribution in [0.15, 0.2) is 45.7 Å². The van der Waals surface area contributed by atoms with Crippen LogP contribution in [-0.2, 0) is 7.05 Å². The lowest BCUT2D eigenvalue weighted by Gasteiger charge is -2.34. The molecule has 3 aromatic rings. The molecule has 8 heteroatoms. The molecule has 1 aromatic carbocycles. The van der Waals surface area contributed by atoms with Gasteiger partial charge < -0.3 is 19.2 Å². The minimum Gasteiger partial charge on any atom is -0.408 e. The molecule has 26 heavy (non-hydrogen) atoms. The van der Waals surface area contributed by atoms with Gasteiger partial charge in [-0.15, -0.1) is 0 Å². The second-order valence-corrected chi connectivity index (χ2v) is 6.28. The zero-order chi connectivity index (χ0) is 18.3. The Morgan fingerprint density at radius 3 is 2.38 bits per heavy atom. The Bertz CT molecular complexity index is 1020. The van der Waals surface area contributed by atoms with Crippen LogP contribution in [0, 0.1) is 0 Å². The summed E-state index contributed by atoms with van der Waals surface area (Å²) in [6.07, 6.45) is 1.71. The summed E-state index contributed by atoms with van der Waals surface area (Å²) >= 11 is 0. The highest BCUT2D eigenvalue weighted by Gasteiger charge is 2.26. The molecule has 2 aromatic heterocycles. The number of H-pyrrole nitrogens is 1. The fraction of sp³-hybridized carbons (Fsp3) is 0.278. The van der Waals surface area contributed by atoms with Crippen molar-refractivity contribution in [3.63, 3.8) is 0 Å². The fourth-order valence-electron chi connectivity index (χ4n) is 3.19. The molecule has 1 aliphatic rings. The van der Waals surface area contributed by atoms with Crippen LogP contribution in [0.4, 0.5) is 0 Å². The molecule has 0 saturated carbocycles. The van der Waals surface area contributed by atoms with Gasteiger partial charge in [0.15, 0.2) is 5.58 Å². The Morgan fingerprint density at radius 1 is 1.04 bits per heavy atom. The van der Waals surface area contributed by atoms with Crippen LogP contribution in [0.1, 0.15) is 20.8 Å². The first-order valence-corrected chi connectivity index (χ1v) is 8.36. The number of nitrogens with one attached hydrogen (secondary N) is 1. The average molecular weight is 354 g/mol. The SMILES string of the molecule is Cn1c(=O)oc2ccc(C(=O)N3CCN(C(=O)c4ccc[nH]4)CC3)cc21. The molecule has 0 aliphatic carbocycles. The zero-order valence-electron chi connectivity index (χ0n) is 14.3. The van der Waals surface area contributed by atoms with Gasteiger partial charge in [-0.25, -0.2) is 4.79 Å². The molecule has 3 heterocycles. The van der Waals surface area contributed by atoms with Gasteiger partial charge in [0.2, 0.25) is 0 Å². The van der Waals surface area contributed by atoms with Crippen molar-refractivity contribution in [1.29, 1.82) is 0 Å². The molecule has 0 spiro atoms. The van der Waals surface area contributed by atoms with E-state index in [0.29, 0.717) is 48.5 Å². The van der Waals surface area contributed by atoms with Gasteiger partial charge in [-0.2, -0.15) is 0 Å². The standard InChI is InChI=1S/C18H18N4O4/c1-20-14-11-12(4-5-15(14)26-18(20)25)16(23)21-7-9-22(10-8-21)17(24)13-3-2-6-19-13/h2-6,11,19H,7-10H2,1H3. The van der Waals surface area contributed by atoms with Crippen LogP contribution in [-0.4, -0.2) is 57.3 Å². The normalized spacial score (nSPS) is 14.8. The van der Waals surface area contributed by atoms with E-state index in [4.69, 9.17) is 4.42 Å². The van der Waals surface area contributed by atoms with Crippen LogP contribution in [0.2, 0.25) is 0 Å². The molecular formula is C18H18N4O4. The minimum atomic E-state index is -0.457. The van der Waals surface area contributed by atoms with Gasteiger partial charge in [0, 0.05) is 45.0 Å². The topological polar surface area (TPSA) is 91.6 Å². The molecule has 2 amide bonds. The fourth-order valence-corrected chi connectivity index (χ4v) is 3.19. The molecule has 8 nitrogen and oxygen atoms in total. The number of fused-ring (bicyclic) bond motifs is 1. The maximum atomic E-state index is 12.8. The Hall–Kier alpha value is -3.29. The number of aryl methyl sites for hydroxylation is 1. The number of amides is 2. The summed E-state index contributed by atoms with van der Waals surface area (Å²) in [5.74, 6) is -0.634. The largest absolute Gasteiger partial charge is 0.419 e. The van der Waals surface area contributed by atoms with E-state index in [1.54, 1.807) is 53.4 Å². The van der Waals surface area contributed by atoms with E-state index < -0.39 is 5.76 Å². The molecule has 134 valence electrons. The average Bonchev–Trinajstić information content (AvgIpc) is 3.30. The molecular weight excluding hydrogens is 336 g/mol. The molecule has 1 N–H and O–H groups in total. The lowest BCUT2D eigenvalue weighted by Crippen LogP contribution is -2.50. The summed E-state index contributed by atoms with van der Waals surface area (Å²) in [5, 5.41) is 0. The first kappa shape index (κ1) is 16.2. The van der Waals surface area contributed by atoms with Gasteiger partial charge in [0.1, 0.15) is 5.69 Å². The lowest BCUT2D eigenvalue weighted by atomic mass is 10.1. The number of hydrogen-bond acceptors (Lipinski definition) is 4. The highest BCUT2D eigenvalue weighted by molar-refractivity contribution is 5.97. The third kappa shape index (κ3) is 2.69. The third-order valence-corrected chi connectivity index (χ3v) is 4.72. The number of piperazine rings is 1. The molecule has 0 unspecified atom stereocenters. The van der Waals surface area contributed by atoms with Gasteiger partial charge in [-0.1, -0.05) is 0 Å². The number of nitrogens with zero attached hydrogens (tertiary/aromatic N) is 3. The Labute approximate surface area is 148 Å². The van der Waals surface area contributed by atoms with E-state index in [0.717, 1.165) is 0 Å². The Morgan fingerprint density at radius 2 is 1.73 bits per heavy atom. The van der Waals surface area contributed by atoms with Crippen molar-refractivity contribution in [2.75, 3.05) is 26.2 Å². The van der Waals surface area contributed by atoms with Crippen molar-refractivity contribution in [2.45, 2.75) is 0 Å². The van der Waals surface area contributed by atoms with Gasteiger partial charge in [0.25, 0.3) is 11.8 Å². The van der Waals surface area contributed by atoms with Crippen molar-refractivity contribution in [2.24, 2.45) is 7.05 Å². The van der Waals surface area contributed by atoms with E-state index >= 15 is 0 Å². The molecule has 0 radical (unpaired) electrons. The van der Waals surface area contributed by atoms with Gasteiger partial charge in [-0.05, 0) is 30.3 Å². The number of rotatable bonds is 2. The van der Waals surface area contributed by atoms with E-state index in [9.17, 15) is 14.4 Å². The number of carbonyl (C=O) groups is 2. The molecule has 1 fully saturated rings. The Kier molecular flexibility index (Phi) is 3.87. The Balaban J connectivity index is 1.47. The molecule has 1 saturated heterocycles. The van der Waals surface area contributed by atoms with Gasteiger partial charge in [0.05, 0.1) is 5.52 Å². The predicted molar refractivity (Wildman–Crippen MR) is 94.1 cm³/mol. The molecule has 0 bridgehead atoms. The highest BCUT2D eigenvalue weighted by atomic mass is 16.4. The second kappa shape index (κ2) is 6.21. The minimum absolute atomic E-state index is 0.0584. The zero-order valence-corrected chi connectivity index (χ0v) is 14.3. The maximum absolute atomic E-state index is 12.8. The van der Waals surface area contributed by atoms with Crippen LogP contribution >= 0.6 is 0 Å².